The van der Waals surface area contributed by atoms with E-state index in [1.807, 2.05) is 6.07 Å². The van der Waals surface area contributed by atoms with Crippen molar-refractivity contribution in [3.63, 3.8) is 0 Å². The Morgan fingerprint density at radius 3 is 2.65 bits per heavy atom. The number of amides is 2. The molecule has 0 bridgehead atoms. The summed E-state index contributed by atoms with van der Waals surface area (Å²) in [5.74, 6) is -1.34. The van der Waals surface area contributed by atoms with Crippen LogP contribution in [0, 0.1) is 5.92 Å². The highest BCUT2D eigenvalue weighted by Crippen LogP contribution is 2.22. The molecule has 2 amide bonds. The van der Waals surface area contributed by atoms with Crippen molar-refractivity contribution in [3.05, 3.63) is 57.5 Å². The van der Waals surface area contributed by atoms with E-state index in [4.69, 9.17) is 16.3 Å². The zero-order valence-electron chi connectivity index (χ0n) is 14.1. The molecule has 0 aliphatic carbocycles. The van der Waals surface area contributed by atoms with Gasteiger partial charge in [-0.25, -0.2) is 5.43 Å². The molecule has 0 aliphatic rings. The predicted molar refractivity (Wildman–Crippen MR) is 106 cm³/mol. The average Bonchev–Trinajstić information content (AvgIpc) is 2.63. The Morgan fingerprint density at radius 2 is 1.96 bits per heavy atom. The van der Waals surface area contributed by atoms with E-state index >= 15 is 0 Å². The third-order valence-electron chi connectivity index (χ3n) is 3.49. The molecule has 0 saturated carbocycles. The standard InChI is InChI=1S/C18H17BrClN3O3/c1-11(17(24)22-15-6-4-3-5-14(15)19)18(25)23-21-10-12-9-13(20)7-8-16(12)26-2/h3-11H,1-2H3,(H,22,24)(H,23,25). The fraction of sp³-hybridized carbons (Fsp3) is 0.167. The number of carbonyl (C=O) groups is 2. The van der Waals surface area contributed by atoms with Gasteiger partial charge in [0.1, 0.15) is 11.7 Å². The van der Waals surface area contributed by atoms with Crippen molar-refractivity contribution in [1.29, 1.82) is 0 Å². The fourth-order valence-electron chi connectivity index (χ4n) is 1.99. The zero-order chi connectivity index (χ0) is 19.1. The minimum Gasteiger partial charge on any atom is -0.496 e. The summed E-state index contributed by atoms with van der Waals surface area (Å²) >= 11 is 9.27. The summed E-state index contributed by atoms with van der Waals surface area (Å²) in [6.07, 6.45) is 1.40. The van der Waals surface area contributed by atoms with Gasteiger partial charge in [-0.2, -0.15) is 5.10 Å². The van der Waals surface area contributed by atoms with E-state index in [0.29, 0.717) is 22.0 Å². The molecule has 0 radical (unpaired) electrons. The van der Waals surface area contributed by atoms with Crippen LogP contribution in [0.2, 0.25) is 5.02 Å². The van der Waals surface area contributed by atoms with Crippen molar-refractivity contribution in [3.8, 4) is 5.75 Å². The first-order chi connectivity index (χ1) is 12.4. The highest BCUT2D eigenvalue weighted by Gasteiger charge is 2.21. The number of ether oxygens (including phenoxy) is 1. The first-order valence-corrected chi connectivity index (χ1v) is 8.81. The highest BCUT2D eigenvalue weighted by molar-refractivity contribution is 9.10. The van der Waals surface area contributed by atoms with Gasteiger partial charge in [0.05, 0.1) is 19.0 Å². The zero-order valence-corrected chi connectivity index (χ0v) is 16.5. The van der Waals surface area contributed by atoms with Crippen LogP contribution in [0.25, 0.3) is 0 Å². The molecule has 2 aromatic rings. The SMILES string of the molecule is COc1ccc(Cl)cc1C=NNC(=O)C(C)C(=O)Nc1ccccc1Br. The molecule has 2 N–H and O–H groups in total. The first kappa shape index (κ1) is 19.9. The van der Waals surface area contributed by atoms with Crippen LogP contribution in [0.15, 0.2) is 52.0 Å². The Bertz CT molecular complexity index is 842. The lowest BCUT2D eigenvalue weighted by Crippen LogP contribution is -2.34. The van der Waals surface area contributed by atoms with E-state index < -0.39 is 17.7 Å². The molecule has 8 heteroatoms. The van der Waals surface area contributed by atoms with Crippen molar-refractivity contribution >= 4 is 51.2 Å². The molecule has 0 heterocycles. The molecule has 136 valence electrons. The number of nitrogens with zero attached hydrogens (tertiary/aromatic N) is 1. The van der Waals surface area contributed by atoms with Gasteiger partial charge in [-0.05, 0) is 53.2 Å². The number of hydrogen-bond donors (Lipinski definition) is 2. The van der Waals surface area contributed by atoms with Gasteiger partial charge in [-0.3, -0.25) is 9.59 Å². The summed E-state index contributed by atoms with van der Waals surface area (Å²) in [7, 11) is 1.52. The van der Waals surface area contributed by atoms with Crippen LogP contribution in [-0.2, 0) is 9.59 Å². The third-order valence-corrected chi connectivity index (χ3v) is 4.42. The third kappa shape index (κ3) is 5.31. The normalized spacial score (nSPS) is 11.8. The van der Waals surface area contributed by atoms with Crippen LogP contribution in [0.5, 0.6) is 5.75 Å². The van der Waals surface area contributed by atoms with E-state index in [2.05, 4.69) is 31.8 Å². The van der Waals surface area contributed by atoms with Crippen molar-refractivity contribution in [1.82, 2.24) is 5.43 Å². The number of halogens is 2. The van der Waals surface area contributed by atoms with Crippen molar-refractivity contribution < 1.29 is 14.3 Å². The van der Waals surface area contributed by atoms with Crippen LogP contribution in [-0.4, -0.2) is 25.1 Å². The molecule has 0 aliphatic heterocycles. The maximum absolute atomic E-state index is 12.2. The number of methoxy groups -OCH3 is 1. The monoisotopic (exact) mass is 437 g/mol. The van der Waals surface area contributed by atoms with E-state index in [-0.39, 0.29) is 0 Å². The topological polar surface area (TPSA) is 79.8 Å². The van der Waals surface area contributed by atoms with Gasteiger partial charge in [-0.1, -0.05) is 23.7 Å². The van der Waals surface area contributed by atoms with E-state index in [1.165, 1.54) is 20.2 Å². The molecule has 2 rings (SSSR count). The second kappa shape index (κ2) is 9.35. The van der Waals surface area contributed by atoms with E-state index in [0.717, 1.165) is 4.47 Å². The lowest BCUT2D eigenvalue weighted by molar-refractivity contribution is -0.131. The van der Waals surface area contributed by atoms with Gasteiger partial charge < -0.3 is 10.1 Å². The molecule has 0 aromatic heterocycles. The number of anilines is 1. The Morgan fingerprint density at radius 1 is 1.23 bits per heavy atom. The maximum Gasteiger partial charge on any atom is 0.252 e. The minimum absolute atomic E-state index is 0.440. The van der Waals surface area contributed by atoms with Gasteiger partial charge in [0, 0.05) is 15.1 Å². The summed E-state index contributed by atoms with van der Waals surface area (Å²) in [5, 5.41) is 7.07. The molecule has 0 fully saturated rings. The molecule has 1 atom stereocenters. The molecule has 0 saturated heterocycles. The molecule has 6 nitrogen and oxygen atoms in total. The highest BCUT2D eigenvalue weighted by atomic mass is 79.9. The molecular formula is C18H17BrClN3O3. The molecular weight excluding hydrogens is 422 g/mol. The quantitative estimate of drug-likeness (QED) is 0.408. The molecule has 0 spiro atoms. The van der Waals surface area contributed by atoms with Gasteiger partial charge in [0.2, 0.25) is 5.91 Å². The number of nitrogens with one attached hydrogen (secondary N) is 2. The summed E-state index contributed by atoms with van der Waals surface area (Å²) in [6, 6.07) is 12.2. The van der Waals surface area contributed by atoms with E-state index in [1.54, 1.807) is 36.4 Å². The number of benzene rings is 2. The van der Waals surface area contributed by atoms with E-state index in [9.17, 15) is 9.59 Å². The molecule has 26 heavy (non-hydrogen) atoms. The predicted octanol–water partition coefficient (Wildman–Crippen LogP) is 3.84. The maximum atomic E-state index is 12.2. The molecule has 1 unspecified atom stereocenters. The number of hydrogen-bond acceptors (Lipinski definition) is 4. The smallest absolute Gasteiger partial charge is 0.252 e. The Kier molecular flexibility index (Phi) is 7.17. The molecule has 2 aromatic carbocycles. The number of rotatable bonds is 6. The van der Waals surface area contributed by atoms with Crippen LogP contribution >= 0.6 is 27.5 Å². The van der Waals surface area contributed by atoms with Crippen LogP contribution in [0.4, 0.5) is 5.69 Å². The summed E-state index contributed by atoms with van der Waals surface area (Å²) in [6.45, 7) is 1.50. The van der Waals surface area contributed by atoms with Crippen molar-refractivity contribution in [2.24, 2.45) is 11.0 Å². The minimum atomic E-state index is -0.930. The fourth-order valence-corrected chi connectivity index (χ4v) is 2.56. The van der Waals surface area contributed by atoms with Gasteiger partial charge in [0.25, 0.3) is 5.91 Å². The largest absolute Gasteiger partial charge is 0.496 e. The number of carbonyl (C=O) groups excluding carboxylic acids is 2. The Balaban J connectivity index is 1.98. The Labute approximate surface area is 164 Å². The first-order valence-electron chi connectivity index (χ1n) is 7.64. The lowest BCUT2D eigenvalue weighted by atomic mass is 10.1. The van der Waals surface area contributed by atoms with Crippen LogP contribution in [0.3, 0.4) is 0 Å². The van der Waals surface area contributed by atoms with Gasteiger partial charge in [0.15, 0.2) is 0 Å². The second-order valence-corrected chi connectivity index (χ2v) is 6.60. The van der Waals surface area contributed by atoms with Crippen LogP contribution < -0.4 is 15.5 Å². The van der Waals surface area contributed by atoms with Crippen LogP contribution in [0.1, 0.15) is 12.5 Å². The summed E-state index contributed by atoms with van der Waals surface area (Å²) in [4.78, 5) is 24.3. The number of hydrazone groups is 1. The lowest BCUT2D eigenvalue weighted by Gasteiger charge is -2.12. The van der Waals surface area contributed by atoms with Gasteiger partial charge >= 0.3 is 0 Å². The van der Waals surface area contributed by atoms with Crippen molar-refractivity contribution in [2.45, 2.75) is 6.92 Å². The number of para-hydroxylation sites is 1. The summed E-state index contributed by atoms with van der Waals surface area (Å²) < 4.78 is 5.92. The average molecular weight is 439 g/mol. The Hall–Kier alpha value is -2.38. The van der Waals surface area contributed by atoms with Crippen molar-refractivity contribution in [2.75, 3.05) is 12.4 Å². The summed E-state index contributed by atoms with van der Waals surface area (Å²) in [5.41, 5.74) is 3.53. The second-order valence-electron chi connectivity index (χ2n) is 5.31. The van der Waals surface area contributed by atoms with Gasteiger partial charge in [-0.15, -0.1) is 0 Å².